The number of rotatable bonds is 7. The molecule has 0 amide bonds. The van der Waals surface area contributed by atoms with Crippen molar-refractivity contribution in [3.8, 4) is 0 Å². The van der Waals surface area contributed by atoms with E-state index in [2.05, 4.69) is 30.9 Å². The van der Waals surface area contributed by atoms with Gasteiger partial charge in [-0.15, -0.1) is 11.6 Å². The van der Waals surface area contributed by atoms with Crippen molar-refractivity contribution >= 4 is 23.4 Å². The Morgan fingerprint density at radius 2 is 2.19 bits per heavy atom. The lowest BCUT2D eigenvalue weighted by Gasteiger charge is -2.11. The average Bonchev–Trinajstić information content (AvgIpc) is 2.62. The van der Waals surface area contributed by atoms with Crippen LogP contribution in [0.15, 0.2) is 6.33 Å². The second-order valence-corrected chi connectivity index (χ2v) is 6.16. The Balaban J connectivity index is 2.44. The summed E-state index contributed by atoms with van der Waals surface area (Å²) in [5.74, 6) is 3.32. The predicted octanol–water partition coefficient (Wildman–Crippen LogP) is 3.18. The van der Waals surface area contributed by atoms with Crippen molar-refractivity contribution in [2.75, 3.05) is 5.88 Å². The lowest BCUT2D eigenvalue weighted by Crippen LogP contribution is -2.10. The van der Waals surface area contributed by atoms with Gasteiger partial charge in [-0.05, 0) is 12.3 Å². The van der Waals surface area contributed by atoms with Crippen LogP contribution in [-0.2, 0) is 12.3 Å². The first kappa shape index (κ1) is 13.8. The maximum absolute atomic E-state index is 5.71. The Kier molecular flexibility index (Phi) is 6.21. The van der Waals surface area contributed by atoms with E-state index in [0.29, 0.717) is 11.2 Å². The van der Waals surface area contributed by atoms with Crippen LogP contribution in [0.1, 0.15) is 33.0 Å². The zero-order valence-electron chi connectivity index (χ0n) is 10.2. The molecule has 0 spiro atoms. The molecular formula is C11H20ClN3S. The fourth-order valence-electron chi connectivity index (χ4n) is 1.35. The standard InChI is InChI=1S/C11H20ClN3S/c1-9(2)6-15-11(13-8-14-15)7-16-10(3)4-5-12/h8-10H,4-7H2,1-3H3. The molecular weight excluding hydrogens is 242 g/mol. The minimum atomic E-state index is 0.585. The van der Waals surface area contributed by atoms with Crippen LogP contribution in [-0.4, -0.2) is 25.9 Å². The van der Waals surface area contributed by atoms with E-state index in [-0.39, 0.29) is 0 Å². The van der Waals surface area contributed by atoms with Gasteiger partial charge in [-0.25, -0.2) is 9.67 Å². The van der Waals surface area contributed by atoms with E-state index >= 15 is 0 Å². The molecule has 1 rings (SSSR count). The SMILES string of the molecule is CC(C)Cn1ncnc1CSC(C)CCCl. The number of hydrogen-bond acceptors (Lipinski definition) is 3. The zero-order chi connectivity index (χ0) is 12.0. The lowest BCUT2D eigenvalue weighted by atomic mass is 10.2. The molecule has 1 aromatic rings. The van der Waals surface area contributed by atoms with Crippen molar-refractivity contribution in [3.05, 3.63) is 12.2 Å². The summed E-state index contributed by atoms with van der Waals surface area (Å²) < 4.78 is 2.01. The van der Waals surface area contributed by atoms with Crippen molar-refractivity contribution in [2.24, 2.45) is 5.92 Å². The van der Waals surface area contributed by atoms with E-state index in [1.54, 1.807) is 6.33 Å². The van der Waals surface area contributed by atoms with Gasteiger partial charge in [-0.3, -0.25) is 0 Å². The third-order valence-electron chi connectivity index (χ3n) is 2.25. The second-order valence-electron chi connectivity index (χ2n) is 4.35. The van der Waals surface area contributed by atoms with Crippen LogP contribution in [0.2, 0.25) is 0 Å². The summed E-state index contributed by atoms with van der Waals surface area (Å²) in [5, 5.41) is 4.83. The molecule has 1 aromatic heterocycles. The molecule has 5 heteroatoms. The molecule has 3 nitrogen and oxygen atoms in total. The van der Waals surface area contributed by atoms with Gasteiger partial charge in [0.15, 0.2) is 0 Å². The highest BCUT2D eigenvalue weighted by Gasteiger charge is 2.08. The van der Waals surface area contributed by atoms with Crippen molar-refractivity contribution < 1.29 is 0 Å². The highest BCUT2D eigenvalue weighted by Crippen LogP contribution is 2.19. The first-order valence-electron chi connectivity index (χ1n) is 5.67. The maximum atomic E-state index is 5.71. The van der Waals surface area contributed by atoms with Gasteiger partial charge in [0.05, 0.1) is 5.75 Å². The largest absolute Gasteiger partial charge is 0.249 e. The Morgan fingerprint density at radius 3 is 2.81 bits per heavy atom. The van der Waals surface area contributed by atoms with Crippen LogP contribution in [0.3, 0.4) is 0 Å². The lowest BCUT2D eigenvalue weighted by molar-refractivity contribution is 0.471. The number of nitrogens with zero attached hydrogens (tertiary/aromatic N) is 3. The molecule has 0 saturated carbocycles. The summed E-state index contributed by atoms with van der Waals surface area (Å²) in [4.78, 5) is 4.30. The molecule has 0 radical (unpaired) electrons. The minimum absolute atomic E-state index is 0.585. The minimum Gasteiger partial charge on any atom is -0.249 e. The van der Waals surface area contributed by atoms with Crippen LogP contribution >= 0.6 is 23.4 Å². The number of hydrogen-bond donors (Lipinski definition) is 0. The summed E-state index contributed by atoms with van der Waals surface area (Å²) >= 11 is 7.60. The van der Waals surface area contributed by atoms with E-state index in [0.717, 1.165) is 30.4 Å². The molecule has 0 aliphatic rings. The maximum Gasteiger partial charge on any atom is 0.138 e. The van der Waals surface area contributed by atoms with E-state index in [4.69, 9.17) is 11.6 Å². The number of aromatic nitrogens is 3. The van der Waals surface area contributed by atoms with E-state index in [1.807, 2.05) is 16.4 Å². The normalized spacial score (nSPS) is 13.3. The summed E-state index contributed by atoms with van der Waals surface area (Å²) in [7, 11) is 0. The van der Waals surface area contributed by atoms with Gasteiger partial charge >= 0.3 is 0 Å². The number of thioether (sulfide) groups is 1. The third kappa shape index (κ3) is 4.74. The molecule has 0 aromatic carbocycles. The molecule has 0 bridgehead atoms. The Morgan fingerprint density at radius 1 is 1.44 bits per heavy atom. The van der Waals surface area contributed by atoms with Crippen LogP contribution < -0.4 is 0 Å². The van der Waals surface area contributed by atoms with Crippen molar-refractivity contribution in [3.63, 3.8) is 0 Å². The molecule has 1 heterocycles. The molecule has 0 N–H and O–H groups in total. The molecule has 0 aliphatic carbocycles. The molecule has 1 unspecified atom stereocenters. The predicted molar refractivity (Wildman–Crippen MR) is 71.0 cm³/mol. The first-order chi connectivity index (χ1) is 7.63. The van der Waals surface area contributed by atoms with Gasteiger partial charge in [-0.1, -0.05) is 20.8 Å². The average molecular weight is 262 g/mol. The quantitative estimate of drug-likeness (QED) is 0.707. The highest BCUT2D eigenvalue weighted by molar-refractivity contribution is 7.99. The smallest absolute Gasteiger partial charge is 0.138 e. The van der Waals surface area contributed by atoms with Crippen LogP contribution in [0.4, 0.5) is 0 Å². The molecule has 1 atom stereocenters. The summed E-state index contributed by atoms with van der Waals surface area (Å²) in [6.45, 7) is 7.53. The van der Waals surface area contributed by atoms with Crippen LogP contribution in [0.25, 0.3) is 0 Å². The molecule has 0 aliphatic heterocycles. The third-order valence-corrected chi connectivity index (χ3v) is 3.69. The van der Waals surface area contributed by atoms with Crippen molar-refractivity contribution in [1.82, 2.24) is 14.8 Å². The first-order valence-corrected chi connectivity index (χ1v) is 7.26. The van der Waals surface area contributed by atoms with Crippen molar-refractivity contribution in [2.45, 2.75) is 44.7 Å². The highest BCUT2D eigenvalue weighted by atomic mass is 35.5. The van der Waals surface area contributed by atoms with Gasteiger partial charge in [0, 0.05) is 17.7 Å². The second kappa shape index (κ2) is 7.17. The molecule has 92 valence electrons. The summed E-state index contributed by atoms with van der Waals surface area (Å²) in [6, 6.07) is 0. The Bertz CT molecular complexity index is 301. The fourth-order valence-corrected chi connectivity index (χ4v) is 2.75. The van der Waals surface area contributed by atoms with Gasteiger partial charge in [0.25, 0.3) is 0 Å². The Labute approximate surface area is 107 Å². The van der Waals surface area contributed by atoms with Gasteiger partial charge in [0.1, 0.15) is 12.2 Å². The zero-order valence-corrected chi connectivity index (χ0v) is 11.8. The topological polar surface area (TPSA) is 30.7 Å². The van der Waals surface area contributed by atoms with E-state index in [1.165, 1.54) is 0 Å². The molecule has 0 fully saturated rings. The van der Waals surface area contributed by atoms with Gasteiger partial charge < -0.3 is 0 Å². The number of alkyl halides is 1. The monoisotopic (exact) mass is 261 g/mol. The molecule has 0 saturated heterocycles. The van der Waals surface area contributed by atoms with E-state index in [9.17, 15) is 0 Å². The Hall–Kier alpha value is -0.220. The van der Waals surface area contributed by atoms with Crippen LogP contribution in [0.5, 0.6) is 0 Å². The van der Waals surface area contributed by atoms with E-state index < -0.39 is 0 Å². The summed E-state index contributed by atoms with van der Waals surface area (Å²) in [5.41, 5.74) is 0. The van der Waals surface area contributed by atoms with Crippen molar-refractivity contribution in [1.29, 1.82) is 0 Å². The summed E-state index contributed by atoms with van der Waals surface area (Å²) in [6.07, 6.45) is 2.69. The molecule has 16 heavy (non-hydrogen) atoms. The number of halogens is 1. The van der Waals surface area contributed by atoms with Crippen LogP contribution in [0, 0.1) is 5.92 Å². The van der Waals surface area contributed by atoms with Gasteiger partial charge in [0.2, 0.25) is 0 Å². The fraction of sp³-hybridized carbons (Fsp3) is 0.818. The van der Waals surface area contributed by atoms with Gasteiger partial charge in [-0.2, -0.15) is 16.9 Å².